The third kappa shape index (κ3) is 3.02. The van der Waals surface area contributed by atoms with Crippen LogP contribution in [0.5, 0.6) is 0 Å². The molecule has 0 spiro atoms. The first-order chi connectivity index (χ1) is 7.90. The number of quaternary nitrogens is 1. The quantitative estimate of drug-likeness (QED) is 0.754. The largest absolute Gasteiger partial charge is 0.381 e. The van der Waals surface area contributed by atoms with E-state index in [4.69, 9.17) is 4.74 Å². The van der Waals surface area contributed by atoms with Gasteiger partial charge in [0.15, 0.2) is 5.82 Å². The van der Waals surface area contributed by atoms with E-state index in [1.165, 1.54) is 0 Å². The molecule has 0 aliphatic carbocycles. The minimum atomic E-state index is 0.704. The molecule has 90 valence electrons. The Labute approximate surface area is 96.2 Å². The van der Waals surface area contributed by atoms with Crippen LogP contribution in [0.15, 0.2) is 6.33 Å². The standard InChI is InChI=1S/C11H20N4O/c1-2-12-7-11-13-9-14-15(11)8-10-3-5-16-6-4-10/h9-10,12H,2-8H2,1H3/p+1. The first kappa shape index (κ1) is 11.5. The highest BCUT2D eigenvalue weighted by Crippen LogP contribution is 2.16. The summed E-state index contributed by atoms with van der Waals surface area (Å²) in [6, 6.07) is 0. The molecule has 1 aliphatic heterocycles. The van der Waals surface area contributed by atoms with Crippen LogP contribution in [0.4, 0.5) is 0 Å². The summed E-state index contributed by atoms with van der Waals surface area (Å²) in [5.41, 5.74) is 0. The van der Waals surface area contributed by atoms with Crippen molar-refractivity contribution in [2.45, 2.75) is 32.9 Å². The van der Waals surface area contributed by atoms with Gasteiger partial charge < -0.3 is 10.1 Å². The van der Waals surface area contributed by atoms with Crippen molar-refractivity contribution >= 4 is 0 Å². The summed E-state index contributed by atoms with van der Waals surface area (Å²) in [5.74, 6) is 1.80. The molecule has 0 amide bonds. The molecule has 2 N–H and O–H groups in total. The van der Waals surface area contributed by atoms with Crippen LogP contribution in [-0.4, -0.2) is 34.5 Å². The Hall–Kier alpha value is -0.940. The zero-order valence-electron chi connectivity index (χ0n) is 9.93. The van der Waals surface area contributed by atoms with E-state index in [-0.39, 0.29) is 0 Å². The van der Waals surface area contributed by atoms with Crippen molar-refractivity contribution in [3.63, 3.8) is 0 Å². The van der Waals surface area contributed by atoms with E-state index in [0.29, 0.717) is 5.92 Å². The Kier molecular flexibility index (Phi) is 4.30. The normalized spacial score (nSPS) is 17.8. The molecular weight excluding hydrogens is 204 g/mol. The molecule has 0 bridgehead atoms. The Morgan fingerprint density at radius 3 is 3.06 bits per heavy atom. The predicted molar refractivity (Wildman–Crippen MR) is 59.7 cm³/mol. The fourth-order valence-corrected chi connectivity index (χ4v) is 2.05. The van der Waals surface area contributed by atoms with Crippen LogP contribution in [-0.2, 0) is 17.8 Å². The lowest BCUT2D eigenvalue weighted by Gasteiger charge is -2.22. The first-order valence-corrected chi connectivity index (χ1v) is 6.16. The molecule has 0 unspecified atom stereocenters. The number of hydrogen-bond donors (Lipinski definition) is 1. The van der Waals surface area contributed by atoms with Gasteiger partial charge in [-0.2, -0.15) is 5.10 Å². The molecular formula is C11H21N4O+. The van der Waals surface area contributed by atoms with Crippen molar-refractivity contribution in [3.05, 3.63) is 12.2 Å². The summed E-state index contributed by atoms with van der Waals surface area (Å²) in [4.78, 5) is 4.31. The van der Waals surface area contributed by atoms with E-state index in [0.717, 1.165) is 51.5 Å². The second-order valence-electron chi connectivity index (χ2n) is 4.32. The van der Waals surface area contributed by atoms with Gasteiger partial charge in [-0.15, -0.1) is 0 Å². The summed E-state index contributed by atoms with van der Waals surface area (Å²) < 4.78 is 7.42. The van der Waals surface area contributed by atoms with Crippen LogP contribution in [0.1, 0.15) is 25.6 Å². The number of hydrogen-bond acceptors (Lipinski definition) is 3. The second-order valence-corrected chi connectivity index (χ2v) is 4.32. The smallest absolute Gasteiger partial charge is 0.182 e. The van der Waals surface area contributed by atoms with Gasteiger partial charge in [-0.3, -0.25) is 0 Å². The van der Waals surface area contributed by atoms with Gasteiger partial charge in [-0.1, -0.05) is 0 Å². The van der Waals surface area contributed by atoms with Crippen molar-refractivity contribution < 1.29 is 10.1 Å². The van der Waals surface area contributed by atoms with Crippen molar-refractivity contribution in [3.8, 4) is 0 Å². The number of aromatic nitrogens is 3. The summed E-state index contributed by atoms with van der Waals surface area (Å²) in [5, 5.41) is 6.55. The van der Waals surface area contributed by atoms with Crippen LogP contribution in [0.25, 0.3) is 0 Å². The topological polar surface area (TPSA) is 56.5 Å². The van der Waals surface area contributed by atoms with E-state index in [2.05, 4.69) is 27.0 Å². The van der Waals surface area contributed by atoms with Crippen LogP contribution in [0.2, 0.25) is 0 Å². The van der Waals surface area contributed by atoms with Gasteiger partial charge in [0.1, 0.15) is 12.9 Å². The molecule has 0 saturated carbocycles. The fraction of sp³-hybridized carbons (Fsp3) is 0.818. The molecule has 0 aromatic carbocycles. The maximum Gasteiger partial charge on any atom is 0.182 e. The lowest BCUT2D eigenvalue weighted by atomic mass is 10.0. The van der Waals surface area contributed by atoms with Gasteiger partial charge in [-0.25, -0.2) is 9.67 Å². The zero-order chi connectivity index (χ0) is 11.2. The Morgan fingerprint density at radius 2 is 2.31 bits per heavy atom. The predicted octanol–water partition coefficient (Wildman–Crippen LogP) is -0.212. The average Bonchev–Trinajstić information content (AvgIpc) is 2.75. The van der Waals surface area contributed by atoms with E-state index in [1.54, 1.807) is 6.33 Å². The van der Waals surface area contributed by atoms with E-state index < -0.39 is 0 Å². The molecule has 2 heterocycles. The summed E-state index contributed by atoms with van der Waals surface area (Å²) >= 11 is 0. The van der Waals surface area contributed by atoms with Crippen LogP contribution in [0, 0.1) is 5.92 Å². The molecule has 2 rings (SSSR count). The van der Waals surface area contributed by atoms with Crippen molar-refractivity contribution in [2.24, 2.45) is 5.92 Å². The number of nitrogens with zero attached hydrogens (tertiary/aromatic N) is 3. The number of rotatable bonds is 5. The summed E-state index contributed by atoms with van der Waals surface area (Å²) in [7, 11) is 0. The van der Waals surface area contributed by atoms with E-state index in [1.807, 2.05) is 0 Å². The molecule has 1 fully saturated rings. The maximum atomic E-state index is 5.36. The SMILES string of the molecule is CC[NH2+]Cc1ncnn1CC1CCOCC1. The fourth-order valence-electron chi connectivity index (χ4n) is 2.05. The number of nitrogens with two attached hydrogens (primary N) is 1. The third-order valence-electron chi connectivity index (χ3n) is 3.08. The second kappa shape index (κ2) is 5.96. The lowest BCUT2D eigenvalue weighted by molar-refractivity contribution is -0.668. The van der Waals surface area contributed by atoms with Gasteiger partial charge in [-0.05, 0) is 25.7 Å². The van der Waals surface area contributed by atoms with E-state index >= 15 is 0 Å². The molecule has 1 aromatic heterocycles. The monoisotopic (exact) mass is 225 g/mol. The van der Waals surface area contributed by atoms with Crippen LogP contribution >= 0.6 is 0 Å². The summed E-state index contributed by atoms with van der Waals surface area (Å²) in [6.07, 6.45) is 3.96. The minimum absolute atomic E-state index is 0.704. The summed E-state index contributed by atoms with van der Waals surface area (Å²) in [6.45, 7) is 6.96. The highest BCUT2D eigenvalue weighted by Gasteiger charge is 2.16. The molecule has 1 aliphatic rings. The highest BCUT2D eigenvalue weighted by atomic mass is 16.5. The van der Waals surface area contributed by atoms with Crippen LogP contribution in [0.3, 0.4) is 0 Å². The van der Waals surface area contributed by atoms with Gasteiger partial charge >= 0.3 is 0 Å². The van der Waals surface area contributed by atoms with Gasteiger partial charge in [0.2, 0.25) is 0 Å². The van der Waals surface area contributed by atoms with Crippen molar-refractivity contribution in [1.29, 1.82) is 0 Å². The molecule has 1 aromatic rings. The van der Waals surface area contributed by atoms with Crippen molar-refractivity contribution in [2.75, 3.05) is 19.8 Å². The van der Waals surface area contributed by atoms with Crippen LogP contribution < -0.4 is 5.32 Å². The molecule has 5 heteroatoms. The van der Waals surface area contributed by atoms with Gasteiger partial charge in [0, 0.05) is 19.8 Å². The average molecular weight is 225 g/mol. The molecule has 16 heavy (non-hydrogen) atoms. The zero-order valence-corrected chi connectivity index (χ0v) is 9.93. The van der Waals surface area contributed by atoms with Gasteiger partial charge in [0.05, 0.1) is 6.54 Å². The minimum Gasteiger partial charge on any atom is -0.381 e. The molecule has 0 atom stereocenters. The Morgan fingerprint density at radius 1 is 1.50 bits per heavy atom. The van der Waals surface area contributed by atoms with Gasteiger partial charge in [0.25, 0.3) is 0 Å². The number of ether oxygens (including phenoxy) is 1. The first-order valence-electron chi connectivity index (χ1n) is 6.16. The maximum absolute atomic E-state index is 5.36. The van der Waals surface area contributed by atoms with Crippen molar-refractivity contribution in [1.82, 2.24) is 14.8 Å². The molecule has 5 nitrogen and oxygen atoms in total. The molecule has 0 radical (unpaired) electrons. The van der Waals surface area contributed by atoms with E-state index in [9.17, 15) is 0 Å². The molecule has 1 saturated heterocycles. The Bertz CT molecular complexity index is 307. The highest BCUT2D eigenvalue weighted by molar-refractivity contribution is 4.81. The Balaban J connectivity index is 1.89. The lowest BCUT2D eigenvalue weighted by Crippen LogP contribution is -2.82. The third-order valence-corrected chi connectivity index (χ3v) is 3.08.